The standard InChI is InChI=1S/C33H40O7/c1-23(2)22-31(24(3)4)33(35)39-21-19-37-18-20-38-29-14-10-27(11-15-29)32(34)40-30-16-8-26(9-17-30)25-6-12-28(36-5)13-7-25/h6-17,23-24,31H,18-22H2,1-5H3. The smallest absolute Gasteiger partial charge is 0.343 e. The van der Waals surface area contributed by atoms with Crippen LogP contribution in [-0.4, -0.2) is 45.5 Å². The van der Waals surface area contributed by atoms with E-state index in [1.165, 1.54) is 0 Å². The molecule has 0 heterocycles. The fourth-order valence-corrected chi connectivity index (χ4v) is 4.13. The summed E-state index contributed by atoms with van der Waals surface area (Å²) in [6, 6.07) is 21.9. The summed E-state index contributed by atoms with van der Waals surface area (Å²) in [5.41, 5.74) is 2.47. The van der Waals surface area contributed by atoms with Gasteiger partial charge >= 0.3 is 11.9 Å². The molecule has 0 saturated carbocycles. The van der Waals surface area contributed by atoms with Crippen LogP contribution in [0.15, 0.2) is 72.8 Å². The van der Waals surface area contributed by atoms with Crippen molar-refractivity contribution in [1.29, 1.82) is 0 Å². The van der Waals surface area contributed by atoms with Crippen LogP contribution in [0.4, 0.5) is 0 Å². The number of carbonyl (C=O) groups is 2. The fraction of sp³-hybridized carbons (Fsp3) is 0.394. The minimum atomic E-state index is -0.449. The Hall–Kier alpha value is -3.84. The van der Waals surface area contributed by atoms with Crippen LogP contribution in [0.25, 0.3) is 11.1 Å². The molecule has 0 aliphatic heterocycles. The van der Waals surface area contributed by atoms with Gasteiger partial charge < -0.3 is 23.7 Å². The lowest BCUT2D eigenvalue weighted by atomic mass is 9.88. The van der Waals surface area contributed by atoms with Gasteiger partial charge in [0.2, 0.25) is 0 Å². The zero-order valence-electron chi connectivity index (χ0n) is 24.1. The Morgan fingerprint density at radius 1 is 0.675 bits per heavy atom. The van der Waals surface area contributed by atoms with Crippen molar-refractivity contribution in [2.75, 3.05) is 33.5 Å². The van der Waals surface area contributed by atoms with Gasteiger partial charge in [0.05, 0.1) is 31.8 Å². The normalized spacial score (nSPS) is 11.8. The van der Waals surface area contributed by atoms with Crippen LogP contribution in [0, 0.1) is 17.8 Å². The number of benzene rings is 3. The molecular weight excluding hydrogens is 508 g/mol. The molecule has 0 aliphatic rings. The number of hydrogen-bond donors (Lipinski definition) is 0. The zero-order chi connectivity index (χ0) is 28.9. The SMILES string of the molecule is COc1ccc(-c2ccc(OC(=O)c3ccc(OCCOCCOC(=O)C(CC(C)C)C(C)C)cc3)cc2)cc1. The van der Waals surface area contributed by atoms with Gasteiger partial charge in [-0.05, 0) is 77.9 Å². The Morgan fingerprint density at radius 2 is 1.23 bits per heavy atom. The molecule has 1 unspecified atom stereocenters. The molecule has 0 fully saturated rings. The third kappa shape index (κ3) is 9.72. The molecule has 40 heavy (non-hydrogen) atoms. The van der Waals surface area contributed by atoms with Gasteiger partial charge in [-0.2, -0.15) is 0 Å². The average molecular weight is 549 g/mol. The lowest BCUT2D eigenvalue weighted by molar-refractivity contribution is -0.152. The highest BCUT2D eigenvalue weighted by atomic mass is 16.6. The first-order valence-electron chi connectivity index (χ1n) is 13.7. The predicted molar refractivity (Wildman–Crippen MR) is 155 cm³/mol. The average Bonchev–Trinajstić information content (AvgIpc) is 2.95. The first-order valence-corrected chi connectivity index (χ1v) is 13.7. The van der Waals surface area contributed by atoms with Gasteiger partial charge in [0.25, 0.3) is 0 Å². The van der Waals surface area contributed by atoms with E-state index in [1.807, 2.05) is 50.2 Å². The predicted octanol–water partition coefficient (Wildman–Crippen LogP) is 6.84. The monoisotopic (exact) mass is 548 g/mol. The second-order valence-electron chi connectivity index (χ2n) is 10.3. The van der Waals surface area contributed by atoms with E-state index in [2.05, 4.69) is 13.8 Å². The number of esters is 2. The Kier molecular flexibility index (Phi) is 12.0. The molecule has 0 spiro atoms. The number of rotatable bonds is 15. The number of hydrogen-bond acceptors (Lipinski definition) is 7. The molecule has 0 saturated heterocycles. The van der Waals surface area contributed by atoms with E-state index in [-0.39, 0.29) is 24.4 Å². The van der Waals surface area contributed by atoms with Crippen LogP contribution in [0.2, 0.25) is 0 Å². The summed E-state index contributed by atoms with van der Waals surface area (Å²) < 4.78 is 27.3. The maximum absolute atomic E-state index is 12.6. The Bertz CT molecular complexity index is 1180. The van der Waals surface area contributed by atoms with Crippen molar-refractivity contribution in [3.8, 4) is 28.4 Å². The zero-order valence-corrected chi connectivity index (χ0v) is 24.1. The highest BCUT2D eigenvalue weighted by molar-refractivity contribution is 5.91. The van der Waals surface area contributed by atoms with Gasteiger partial charge in [-0.15, -0.1) is 0 Å². The first kappa shape index (κ1) is 30.7. The largest absolute Gasteiger partial charge is 0.497 e. The molecule has 214 valence electrons. The third-order valence-corrected chi connectivity index (χ3v) is 6.38. The molecule has 7 heteroatoms. The van der Waals surface area contributed by atoms with Gasteiger partial charge in [0.15, 0.2) is 0 Å². The van der Waals surface area contributed by atoms with Crippen molar-refractivity contribution >= 4 is 11.9 Å². The van der Waals surface area contributed by atoms with Gasteiger partial charge in [0, 0.05) is 0 Å². The van der Waals surface area contributed by atoms with E-state index in [0.717, 1.165) is 23.3 Å². The quantitative estimate of drug-likeness (QED) is 0.117. The van der Waals surface area contributed by atoms with E-state index in [0.29, 0.717) is 42.8 Å². The summed E-state index contributed by atoms with van der Waals surface area (Å²) in [6.07, 6.45) is 0.820. The lowest BCUT2D eigenvalue weighted by Gasteiger charge is -2.21. The number of ether oxygens (including phenoxy) is 5. The van der Waals surface area contributed by atoms with Crippen LogP contribution in [0.5, 0.6) is 17.2 Å². The van der Waals surface area contributed by atoms with E-state index in [9.17, 15) is 9.59 Å². The summed E-state index contributed by atoms with van der Waals surface area (Å²) >= 11 is 0. The molecule has 3 rings (SSSR count). The Balaban J connectivity index is 1.35. The van der Waals surface area contributed by atoms with E-state index in [1.54, 1.807) is 43.5 Å². The van der Waals surface area contributed by atoms with Gasteiger partial charge in [-0.25, -0.2) is 4.79 Å². The fourth-order valence-electron chi connectivity index (χ4n) is 4.13. The summed E-state index contributed by atoms with van der Waals surface area (Å²) in [7, 11) is 1.63. The second-order valence-corrected chi connectivity index (χ2v) is 10.3. The third-order valence-electron chi connectivity index (χ3n) is 6.38. The van der Waals surface area contributed by atoms with Crippen molar-refractivity contribution < 1.29 is 33.3 Å². The van der Waals surface area contributed by atoms with E-state index >= 15 is 0 Å². The molecule has 7 nitrogen and oxygen atoms in total. The molecule has 0 amide bonds. The van der Waals surface area contributed by atoms with E-state index in [4.69, 9.17) is 23.7 Å². The molecule has 0 aromatic heterocycles. The molecule has 0 radical (unpaired) electrons. The van der Waals surface area contributed by atoms with Crippen LogP contribution in [-0.2, 0) is 14.3 Å². The second kappa shape index (κ2) is 15.7. The van der Waals surface area contributed by atoms with Crippen molar-refractivity contribution in [2.24, 2.45) is 17.8 Å². The lowest BCUT2D eigenvalue weighted by Crippen LogP contribution is -2.25. The van der Waals surface area contributed by atoms with Crippen LogP contribution in [0.1, 0.15) is 44.5 Å². The summed E-state index contributed by atoms with van der Waals surface area (Å²) in [5, 5.41) is 0. The molecular formula is C33H40O7. The molecule has 3 aromatic carbocycles. The topological polar surface area (TPSA) is 80.3 Å². The van der Waals surface area contributed by atoms with Crippen molar-refractivity contribution in [1.82, 2.24) is 0 Å². The number of carbonyl (C=O) groups excluding carboxylic acids is 2. The molecule has 0 bridgehead atoms. The summed E-state index contributed by atoms with van der Waals surface area (Å²) in [6.45, 7) is 9.52. The van der Waals surface area contributed by atoms with Crippen LogP contribution >= 0.6 is 0 Å². The molecule has 1 atom stereocenters. The minimum absolute atomic E-state index is 0.0887. The van der Waals surface area contributed by atoms with Gasteiger partial charge in [0.1, 0.15) is 30.5 Å². The molecule has 0 N–H and O–H groups in total. The summed E-state index contributed by atoms with van der Waals surface area (Å²) in [4.78, 5) is 24.9. The Morgan fingerprint density at radius 3 is 1.77 bits per heavy atom. The Labute approximate surface area is 237 Å². The van der Waals surface area contributed by atoms with Gasteiger partial charge in [-0.3, -0.25) is 4.79 Å². The van der Waals surface area contributed by atoms with Gasteiger partial charge in [-0.1, -0.05) is 52.0 Å². The summed E-state index contributed by atoms with van der Waals surface area (Å²) in [5.74, 6) is 1.86. The van der Waals surface area contributed by atoms with Crippen molar-refractivity contribution in [2.45, 2.75) is 34.1 Å². The number of methoxy groups -OCH3 is 1. The van der Waals surface area contributed by atoms with E-state index < -0.39 is 5.97 Å². The van der Waals surface area contributed by atoms with Crippen molar-refractivity contribution in [3.05, 3.63) is 78.4 Å². The van der Waals surface area contributed by atoms with Crippen molar-refractivity contribution in [3.63, 3.8) is 0 Å². The highest BCUT2D eigenvalue weighted by Gasteiger charge is 2.24. The maximum atomic E-state index is 12.6. The van der Waals surface area contributed by atoms with Crippen LogP contribution < -0.4 is 14.2 Å². The highest BCUT2D eigenvalue weighted by Crippen LogP contribution is 2.25. The maximum Gasteiger partial charge on any atom is 0.343 e. The first-order chi connectivity index (χ1) is 19.3. The van der Waals surface area contributed by atoms with Crippen LogP contribution in [0.3, 0.4) is 0 Å². The molecule has 3 aromatic rings. The molecule has 0 aliphatic carbocycles. The minimum Gasteiger partial charge on any atom is -0.497 e.